The molecular weight excluding hydrogens is 569 g/mol. The van der Waals surface area contributed by atoms with Crippen LogP contribution in [0.5, 0.6) is 0 Å². The average Bonchev–Trinajstić information content (AvgIpc) is 3.58. The van der Waals surface area contributed by atoms with Crippen molar-refractivity contribution < 1.29 is 0 Å². The molecule has 0 fully saturated rings. The van der Waals surface area contributed by atoms with Crippen LogP contribution < -0.4 is 4.90 Å². The normalized spacial score (nSPS) is 13.1. The van der Waals surface area contributed by atoms with Gasteiger partial charge in [-0.1, -0.05) is 129 Å². The van der Waals surface area contributed by atoms with E-state index >= 15 is 0 Å². The predicted octanol–water partition coefficient (Wildman–Crippen LogP) is 12.2. The Morgan fingerprint density at radius 1 is 0.426 bits per heavy atom. The fourth-order valence-corrected chi connectivity index (χ4v) is 7.67. The Kier molecular flexibility index (Phi) is 6.20. The van der Waals surface area contributed by atoms with Crippen molar-refractivity contribution in [2.24, 2.45) is 0 Å². The molecule has 0 amide bonds. The van der Waals surface area contributed by atoms with Crippen LogP contribution in [-0.4, -0.2) is 4.57 Å². The molecule has 0 saturated carbocycles. The van der Waals surface area contributed by atoms with E-state index < -0.39 is 0 Å². The number of anilines is 3. The van der Waals surface area contributed by atoms with Gasteiger partial charge in [-0.25, -0.2) is 0 Å². The zero-order valence-corrected chi connectivity index (χ0v) is 26.6. The Hall–Kier alpha value is -5.86. The number of fused-ring (bicyclic) bond motifs is 6. The highest BCUT2D eigenvalue weighted by Crippen LogP contribution is 2.51. The molecule has 0 atom stereocenters. The van der Waals surface area contributed by atoms with E-state index in [-0.39, 0.29) is 5.41 Å². The van der Waals surface area contributed by atoms with Gasteiger partial charge in [0, 0.05) is 38.9 Å². The molecule has 0 radical (unpaired) electrons. The molecule has 8 aromatic rings. The molecule has 9 rings (SSSR count). The van der Waals surface area contributed by atoms with Crippen molar-refractivity contribution in [2.45, 2.75) is 19.3 Å². The van der Waals surface area contributed by atoms with Crippen molar-refractivity contribution in [2.75, 3.05) is 4.90 Å². The first-order valence-corrected chi connectivity index (χ1v) is 16.4. The summed E-state index contributed by atoms with van der Waals surface area (Å²) in [7, 11) is 0. The molecule has 0 aliphatic heterocycles. The largest absolute Gasteiger partial charge is 0.310 e. The maximum atomic E-state index is 2.42. The molecule has 2 nitrogen and oxygen atoms in total. The van der Waals surface area contributed by atoms with E-state index in [4.69, 9.17) is 0 Å². The van der Waals surface area contributed by atoms with Crippen LogP contribution in [0.1, 0.15) is 25.0 Å². The number of benzene rings is 7. The topological polar surface area (TPSA) is 8.17 Å². The molecule has 1 aromatic heterocycles. The lowest BCUT2D eigenvalue weighted by atomic mass is 9.82. The lowest BCUT2D eigenvalue weighted by Gasteiger charge is -2.28. The summed E-state index contributed by atoms with van der Waals surface area (Å²) in [6, 6.07) is 61.8. The van der Waals surface area contributed by atoms with Crippen LogP contribution in [-0.2, 0) is 5.41 Å². The van der Waals surface area contributed by atoms with E-state index in [0.717, 1.165) is 22.7 Å². The molecule has 1 aliphatic rings. The second-order valence-electron chi connectivity index (χ2n) is 13.0. The van der Waals surface area contributed by atoms with E-state index in [9.17, 15) is 0 Å². The smallest absolute Gasteiger partial charge is 0.0561 e. The first kappa shape index (κ1) is 27.5. The summed E-state index contributed by atoms with van der Waals surface area (Å²) < 4.78 is 2.40. The van der Waals surface area contributed by atoms with E-state index in [2.05, 4.69) is 193 Å². The molecule has 0 N–H and O–H groups in total. The van der Waals surface area contributed by atoms with Gasteiger partial charge in [-0.2, -0.15) is 0 Å². The number of nitrogens with zero attached hydrogens (tertiary/aromatic N) is 2. The average molecular weight is 603 g/mol. The predicted molar refractivity (Wildman–Crippen MR) is 198 cm³/mol. The third-order valence-corrected chi connectivity index (χ3v) is 9.99. The van der Waals surface area contributed by atoms with Gasteiger partial charge in [-0.3, -0.25) is 0 Å². The van der Waals surface area contributed by atoms with Crippen molar-refractivity contribution in [3.8, 4) is 27.9 Å². The number of hydrogen-bond donors (Lipinski definition) is 0. The van der Waals surface area contributed by atoms with Crippen LogP contribution in [0.2, 0.25) is 0 Å². The van der Waals surface area contributed by atoms with Gasteiger partial charge in [0.1, 0.15) is 0 Å². The van der Waals surface area contributed by atoms with Crippen molar-refractivity contribution in [3.63, 3.8) is 0 Å². The Balaban J connectivity index is 1.26. The molecule has 224 valence electrons. The minimum absolute atomic E-state index is 0.0888. The highest BCUT2D eigenvalue weighted by atomic mass is 15.1. The summed E-state index contributed by atoms with van der Waals surface area (Å²) in [6.07, 6.45) is 0. The Morgan fingerprint density at radius 2 is 1.00 bits per heavy atom. The van der Waals surface area contributed by atoms with Gasteiger partial charge in [0.05, 0.1) is 11.0 Å². The quantitative estimate of drug-likeness (QED) is 0.190. The van der Waals surface area contributed by atoms with Crippen molar-refractivity contribution in [3.05, 3.63) is 181 Å². The number of aromatic nitrogens is 1. The fraction of sp³-hybridized carbons (Fsp3) is 0.0667. The van der Waals surface area contributed by atoms with Gasteiger partial charge in [0.15, 0.2) is 0 Å². The zero-order chi connectivity index (χ0) is 31.5. The molecule has 0 unspecified atom stereocenters. The second kappa shape index (κ2) is 10.6. The molecule has 1 heterocycles. The fourth-order valence-electron chi connectivity index (χ4n) is 7.67. The van der Waals surface area contributed by atoms with Crippen LogP contribution >= 0.6 is 0 Å². The molecule has 2 heteroatoms. The Morgan fingerprint density at radius 3 is 1.81 bits per heavy atom. The summed E-state index contributed by atoms with van der Waals surface area (Å²) in [5, 5.41) is 2.51. The standard InChI is InChI=1S/C45H34N2/c1-45(2)41-19-11-9-17-37(41)38-27-25-35(29-42(38)45)46(34-23-21-32(22-24-34)31-13-5-3-6-14-31)36-26-28-40-39-18-10-12-20-43(39)47(44(40)30-36)33-15-7-4-8-16-33/h3-30H,1-2H3. The minimum Gasteiger partial charge on any atom is -0.310 e. The van der Waals surface area contributed by atoms with Gasteiger partial charge in [-0.05, 0) is 88.0 Å². The number of rotatable bonds is 5. The molecular formula is C45H34N2. The third-order valence-electron chi connectivity index (χ3n) is 9.99. The Bertz CT molecular complexity index is 2420. The monoisotopic (exact) mass is 602 g/mol. The van der Waals surface area contributed by atoms with Gasteiger partial charge in [0.25, 0.3) is 0 Å². The van der Waals surface area contributed by atoms with Gasteiger partial charge >= 0.3 is 0 Å². The summed E-state index contributed by atoms with van der Waals surface area (Å²) in [4.78, 5) is 2.42. The summed E-state index contributed by atoms with van der Waals surface area (Å²) in [6.45, 7) is 4.70. The van der Waals surface area contributed by atoms with Gasteiger partial charge < -0.3 is 9.47 Å². The summed E-state index contributed by atoms with van der Waals surface area (Å²) >= 11 is 0. The zero-order valence-electron chi connectivity index (χ0n) is 26.6. The molecule has 47 heavy (non-hydrogen) atoms. The SMILES string of the molecule is CC1(C)c2ccccc2-c2ccc(N(c3ccc(-c4ccccc4)cc3)c3ccc4c5ccccc5n(-c5ccccc5)c4c3)cc21. The maximum absolute atomic E-state index is 2.42. The minimum atomic E-state index is -0.0888. The highest BCUT2D eigenvalue weighted by Gasteiger charge is 2.35. The summed E-state index contributed by atoms with van der Waals surface area (Å²) in [5.74, 6) is 0. The molecule has 0 saturated heterocycles. The van der Waals surface area contributed by atoms with Crippen LogP contribution in [0.25, 0.3) is 49.7 Å². The molecule has 7 aromatic carbocycles. The van der Waals surface area contributed by atoms with E-state index in [1.165, 1.54) is 55.2 Å². The molecule has 0 bridgehead atoms. The van der Waals surface area contributed by atoms with Gasteiger partial charge in [0.2, 0.25) is 0 Å². The van der Waals surface area contributed by atoms with E-state index in [1.54, 1.807) is 0 Å². The van der Waals surface area contributed by atoms with Crippen molar-refractivity contribution in [1.82, 2.24) is 4.57 Å². The molecule has 1 aliphatic carbocycles. The second-order valence-corrected chi connectivity index (χ2v) is 13.0. The van der Waals surface area contributed by atoms with Crippen LogP contribution in [0.3, 0.4) is 0 Å². The third kappa shape index (κ3) is 4.33. The summed E-state index contributed by atoms with van der Waals surface area (Å²) in [5.41, 5.74) is 14.7. The first-order valence-electron chi connectivity index (χ1n) is 16.4. The lowest BCUT2D eigenvalue weighted by Crippen LogP contribution is -2.16. The van der Waals surface area contributed by atoms with Crippen LogP contribution in [0.15, 0.2) is 170 Å². The van der Waals surface area contributed by atoms with E-state index in [0.29, 0.717) is 0 Å². The van der Waals surface area contributed by atoms with Crippen molar-refractivity contribution in [1.29, 1.82) is 0 Å². The number of para-hydroxylation sites is 2. The first-order chi connectivity index (χ1) is 23.1. The number of hydrogen-bond acceptors (Lipinski definition) is 1. The maximum Gasteiger partial charge on any atom is 0.0561 e. The van der Waals surface area contributed by atoms with Gasteiger partial charge in [-0.15, -0.1) is 0 Å². The Labute approximate surface area is 275 Å². The molecule has 0 spiro atoms. The van der Waals surface area contributed by atoms with Crippen molar-refractivity contribution >= 4 is 38.9 Å². The lowest BCUT2D eigenvalue weighted by molar-refractivity contribution is 0.660. The van der Waals surface area contributed by atoms with Crippen LogP contribution in [0, 0.1) is 0 Å². The highest BCUT2D eigenvalue weighted by molar-refractivity contribution is 6.10. The van der Waals surface area contributed by atoms with Crippen LogP contribution in [0.4, 0.5) is 17.1 Å². The van der Waals surface area contributed by atoms with E-state index in [1.807, 2.05) is 0 Å².